The minimum Gasteiger partial charge on any atom is -0.442 e. The standard InChI is InChI=1S/C15H40O3Si4/c1-9-10-11-12-13-14-15-22(8,18-21(5,6)7)17-20(4)16-19(2)3/h19-20H,9-15H2,1-8H3. The summed E-state index contributed by atoms with van der Waals surface area (Å²) in [7, 11) is -6.15. The van der Waals surface area contributed by atoms with Gasteiger partial charge >= 0.3 is 8.56 Å². The van der Waals surface area contributed by atoms with Gasteiger partial charge in [-0.3, -0.25) is 0 Å². The van der Waals surface area contributed by atoms with Crippen LogP contribution in [0.4, 0.5) is 0 Å². The van der Waals surface area contributed by atoms with Crippen LogP contribution in [-0.4, -0.2) is 35.2 Å². The van der Waals surface area contributed by atoms with E-state index < -0.39 is 35.2 Å². The molecular weight excluding hydrogens is 341 g/mol. The van der Waals surface area contributed by atoms with Crippen LogP contribution in [0.25, 0.3) is 0 Å². The molecule has 0 radical (unpaired) electrons. The van der Waals surface area contributed by atoms with E-state index in [-0.39, 0.29) is 0 Å². The molecule has 2 atom stereocenters. The van der Waals surface area contributed by atoms with Crippen molar-refractivity contribution in [1.82, 2.24) is 0 Å². The van der Waals surface area contributed by atoms with Crippen LogP contribution in [0.1, 0.15) is 45.4 Å². The maximum absolute atomic E-state index is 6.53. The molecule has 0 aliphatic heterocycles. The third-order valence-corrected chi connectivity index (χ3v) is 15.9. The van der Waals surface area contributed by atoms with Crippen LogP contribution in [-0.2, 0) is 12.3 Å². The monoisotopic (exact) mass is 380 g/mol. The molecule has 7 heteroatoms. The molecule has 3 nitrogen and oxygen atoms in total. The topological polar surface area (TPSA) is 27.7 Å². The fraction of sp³-hybridized carbons (Fsp3) is 1.00. The molecule has 0 aromatic heterocycles. The molecule has 0 N–H and O–H groups in total. The molecule has 2 unspecified atom stereocenters. The Morgan fingerprint density at radius 1 is 0.818 bits per heavy atom. The molecule has 0 aromatic rings. The Balaban J connectivity index is 4.40. The van der Waals surface area contributed by atoms with Gasteiger partial charge in [0.05, 0.1) is 0 Å². The predicted molar refractivity (Wildman–Crippen MR) is 108 cm³/mol. The highest BCUT2D eigenvalue weighted by atomic mass is 28.5. The first-order chi connectivity index (χ1) is 10.1. The summed E-state index contributed by atoms with van der Waals surface area (Å²) in [5, 5.41) is 0. The maximum atomic E-state index is 6.53. The molecule has 0 fully saturated rings. The van der Waals surface area contributed by atoms with Gasteiger partial charge in [-0.05, 0) is 51.9 Å². The Bertz CT molecular complexity index is 284. The molecule has 22 heavy (non-hydrogen) atoms. The summed E-state index contributed by atoms with van der Waals surface area (Å²) in [4.78, 5) is 0. The Hall–Kier alpha value is 0.748. The van der Waals surface area contributed by atoms with Gasteiger partial charge in [0.2, 0.25) is 0 Å². The van der Waals surface area contributed by atoms with E-state index in [2.05, 4.69) is 52.8 Å². The molecule has 0 saturated heterocycles. The van der Waals surface area contributed by atoms with E-state index >= 15 is 0 Å². The highest BCUT2D eigenvalue weighted by Gasteiger charge is 2.37. The van der Waals surface area contributed by atoms with E-state index in [4.69, 9.17) is 12.3 Å². The van der Waals surface area contributed by atoms with Crippen LogP contribution in [0.2, 0.25) is 51.9 Å². The summed E-state index contributed by atoms with van der Waals surface area (Å²) in [5.74, 6) is 0. The van der Waals surface area contributed by atoms with Crippen molar-refractivity contribution in [1.29, 1.82) is 0 Å². The summed E-state index contributed by atoms with van der Waals surface area (Å²) in [6, 6.07) is 1.13. The van der Waals surface area contributed by atoms with E-state index in [0.717, 1.165) is 6.04 Å². The SMILES string of the molecule is CCCCCCCC[Si](C)(O[SiH](C)O[SiH](C)C)O[Si](C)(C)C. The average Bonchev–Trinajstić information content (AvgIpc) is 2.29. The van der Waals surface area contributed by atoms with Crippen LogP contribution >= 0.6 is 0 Å². The van der Waals surface area contributed by atoms with E-state index in [0.29, 0.717) is 0 Å². The first-order valence-corrected chi connectivity index (χ1v) is 19.9. The fourth-order valence-electron chi connectivity index (χ4n) is 2.77. The number of hydrogen-bond donors (Lipinski definition) is 0. The zero-order chi connectivity index (χ0) is 17.2. The predicted octanol–water partition coefficient (Wildman–Crippen LogP) is 5.14. The van der Waals surface area contributed by atoms with Crippen molar-refractivity contribution in [2.45, 2.75) is 97.3 Å². The van der Waals surface area contributed by atoms with Crippen molar-refractivity contribution < 1.29 is 12.3 Å². The van der Waals surface area contributed by atoms with Crippen molar-refractivity contribution in [3.63, 3.8) is 0 Å². The van der Waals surface area contributed by atoms with Gasteiger partial charge in [0.1, 0.15) is 0 Å². The highest BCUT2D eigenvalue weighted by molar-refractivity contribution is 6.84. The first kappa shape index (κ1) is 22.7. The average molecular weight is 381 g/mol. The number of unbranched alkanes of at least 4 members (excludes halogenated alkanes) is 5. The van der Waals surface area contributed by atoms with Crippen LogP contribution in [0.5, 0.6) is 0 Å². The summed E-state index contributed by atoms with van der Waals surface area (Å²) < 4.78 is 19.0. The van der Waals surface area contributed by atoms with Crippen LogP contribution in [0.3, 0.4) is 0 Å². The maximum Gasteiger partial charge on any atom is 0.315 e. The van der Waals surface area contributed by atoms with Crippen molar-refractivity contribution in [3.8, 4) is 0 Å². The molecular formula is C15H40O3Si4. The van der Waals surface area contributed by atoms with Crippen molar-refractivity contribution in [2.75, 3.05) is 0 Å². The highest BCUT2D eigenvalue weighted by Crippen LogP contribution is 2.24. The minimum atomic E-state index is -2.06. The Morgan fingerprint density at radius 3 is 1.86 bits per heavy atom. The Morgan fingerprint density at radius 2 is 1.36 bits per heavy atom. The second-order valence-corrected chi connectivity index (χ2v) is 20.8. The summed E-state index contributed by atoms with van der Waals surface area (Å²) in [6.07, 6.45) is 7.97. The zero-order valence-corrected chi connectivity index (χ0v) is 20.6. The minimum absolute atomic E-state index is 1.00. The lowest BCUT2D eigenvalue weighted by atomic mass is 10.1. The van der Waals surface area contributed by atoms with Gasteiger partial charge in [-0.1, -0.05) is 45.4 Å². The fourth-order valence-corrected chi connectivity index (χ4v) is 16.9. The van der Waals surface area contributed by atoms with Crippen molar-refractivity contribution >= 4 is 35.2 Å². The molecule has 0 heterocycles. The third-order valence-electron chi connectivity index (χ3n) is 3.39. The molecule has 0 spiro atoms. The lowest BCUT2D eigenvalue weighted by Gasteiger charge is -2.36. The summed E-state index contributed by atoms with van der Waals surface area (Å²) >= 11 is 0. The van der Waals surface area contributed by atoms with Crippen LogP contribution < -0.4 is 0 Å². The van der Waals surface area contributed by atoms with Gasteiger partial charge in [-0.25, -0.2) is 0 Å². The lowest BCUT2D eigenvalue weighted by molar-refractivity contribution is 0.345. The largest absolute Gasteiger partial charge is 0.442 e. The van der Waals surface area contributed by atoms with Crippen LogP contribution in [0, 0.1) is 0 Å². The van der Waals surface area contributed by atoms with E-state index in [9.17, 15) is 0 Å². The second kappa shape index (κ2) is 11.3. The van der Waals surface area contributed by atoms with Gasteiger partial charge in [-0.15, -0.1) is 0 Å². The normalized spacial score (nSPS) is 16.8. The van der Waals surface area contributed by atoms with Crippen molar-refractivity contribution in [2.24, 2.45) is 0 Å². The van der Waals surface area contributed by atoms with Gasteiger partial charge in [-0.2, -0.15) is 0 Å². The van der Waals surface area contributed by atoms with E-state index in [1.165, 1.54) is 38.5 Å². The molecule has 0 rings (SSSR count). The number of hydrogen-bond acceptors (Lipinski definition) is 3. The van der Waals surface area contributed by atoms with Gasteiger partial charge in [0, 0.05) is 0 Å². The summed E-state index contributed by atoms with van der Waals surface area (Å²) in [5.41, 5.74) is 0. The van der Waals surface area contributed by atoms with E-state index in [1.807, 2.05) is 0 Å². The molecule has 134 valence electrons. The number of rotatable bonds is 13. The van der Waals surface area contributed by atoms with Crippen molar-refractivity contribution in [3.05, 3.63) is 0 Å². The third kappa shape index (κ3) is 13.2. The molecule has 0 aliphatic rings. The van der Waals surface area contributed by atoms with E-state index in [1.54, 1.807) is 0 Å². The zero-order valence-electron chi connectivity index (χ0n) is 16.3. The molecule has 0 amide bonds. The molecule has 0 aliphatic carbocycles. The first-order valence-electron chi connectivity index (χ1n) is 9.11. The van der Waals surface area contributed by atoms with Gasteiger partial charge in [0.15, 0.2) is 17.4 Å². The molecule has 0 bridgehead atoms. The lowest BCUT2D eigenvalue weighted by Crippen LogP contribution is -2.50. The van der Waals surface area contributed by atoms with Gasteiger partial charge < -0.3 is 12.3 Å². The van der Waals surface area contributed by atoms with Gasteiger partial charge in [0.25, 0.3) is 9.28 Å². The Labute approximate surface area is 145 Å². The van der Waals surface area contributed by atoms with Crippen LogP contribution in [0.15, 0.2) is 0 Å². The second-order valence-electron chi connectivity index (χ2n) is 7.74. The Kier molecular flexibility index (Phi) is 11.7. The quantitative estimate of drug-likeness (QED) is 0.327. The summed E-state index contributed by atoms with van der Waals surface area (Å²) in [6.45, 7) is 18.0. The molecule has 0 aromatic carbocycles. The smallest absolute Gasteiger partial charge is 0.315 e. The molecule has 0 saturated carbocycles.